The molecule has 1 aromatic heterocycles. The highest BCUT2D eigenvalue weighted by Crippen LogP contribution is 2.28. The highest BCUT2D eigenvalue weighted by molar-refractivity contribution is 5.88. The van der Waals surface area contributed by atoms with Crippen molar-refractivity contribution in [2.45, 2.75) is 19.0 Å². The van der Waals surface area contributed by atoms with Crippen molar-refractivity contribution < 1.29 is 9.53 Å². The maximum absolute atomic E-state index is 13.2. The highest BCUT2D eigenvalue weighted by atomic mass is 16.5. The summed E-state index contributed by atoms with van der Waals surface area (Å²) in [7, 11) is 1.61. The number of ether oxygens (including phenoxy) is 1. The molecule has 0 radical (unpaired) electrons. The van der Waals surface area contributed by atoms with E-state index >= 15 is 0 Å². The Morgan fingerprint density at radius 3 is 2.24 bits per heavy atom. The van der Waals surface area contributed by atoms with Gasteiger partial charge in [0.15, 0.2) is 11.7 Å². The van der Waals surface area contributed by atoms with Crippen LogP contribution in [0.1, 0.15) is 22.7 Å². The Balaban J connectivity index is 1.35. The minimum atomic E-state index is -1.08. The van der Waals surface area contributed by atoms with Crippen LogP contribution in [0, 0.1) is 11.3 Å². The zero-order valence-corrected chi connectivity index (χ0v) is 21.4. The number of hydrogen-bond acceptors (Lipinski definition) is 7. The van der Waals surface area contributed by atoms with Gasteiger partial charge in [0, 0.05) is 39.3 Å². The van der Waals surface area contributed by atoms with Crippen molar-refractivity contribution in [3.8, 4) is 11.8 Å². The van der Waals surface area contributed by atoms with Crippen LogP contribution in [0.5, 0.6) is 5.75 Å². The summed E-state index contributed by atoms with van der Waals surface area (Å²) in [4.78, 5) is 27.5. The molecule has 1 N–H and O–H groups in total. The van der Waals surface area contributed by atoms with Crippen LogP contribution in [-0.2, 0) is 17.9 Å². The summed E-state index contributed by atoms with van der Waals surface area (Å²) in [6.07, 6.45) is 0. The summed E-state index contributed by atoms with van der Waals surface area (Å²) < 4.78 is 5.20. The Morgan fingerprint density at radius 2 is 1.58 bits per heavy atom. The molecule has 0 saturated carbocycles. The molecule has 1 amide bonds. The van der Waals surface area contributed by atoms with Gasteiger partial charge in [0.1, 0.15) is 11.4 Å². The Hall–Kier alpha value is -4.48. The standard InChI is InChI=1S/C30H30N6O2/c1-38-24-13-11-22(12-14-24)20-32-30(37)25(19-31)28-29(34-27-10-6-5-9-26(27)33-28)36-17-15-35(16-18-36)21-23-7-3-2-4-8-23/h2-14,25H,15-18,20-21H2,1H3,(H,32,37). The van der Waals surface area contributed by atoms with Gasteiger partial charge < -0.3 is 15.0 Å². The first-order valence-corrected chi connectivity index (χ1v) is 12.7. The fourth-order valence-electron chi connectivity index (χ4n) is 4.67. The van der Waals surface area contributed by atoms with Gasteiger partial charge in [0.05, 0.1) is 24.2 Å². The van der Waals surface area contributed by atoms with E-state index in [1.807, 2.05) is 54.6 Å². The van der Waals surface area contributed by atoms with Crippen molar-refractivity contribution >= 4 is 22.8 Å². The predicted molar refractivity (Wildman–Crippen MR) is 147 cm³/mol. The van der Waals surface area contributed by atoms with Crippen molar-refractivity contribution in [3.63, 3.8) is 0 Å². The Bertz CT molecular complexity index is 1430. The number of carbonyl (C=O) groups is 1. The van der Waals surface area contributed by atoms with Gasteiger partial charge in [-0.2, -0.15) is 5.26 Å². The molecule has 1 saturated heterocycles. The molecule has 8 heteroatoms. The molecule has 0 spiro atoms. The van der Waals surface area contributed by atoms with E-state index in [-0.39, 0.29) is 0 Å². The van der Waals surface area contributed by atoms with E-state index in [4.69, 9.17) is 14.7 Å². The molecular weight excluding hydrogens is 476 g/mol. The van der Waals surface area contributed by atoms with Crippen molar-refractivity contribution in [1.82, 2.24) is 20.2 Å². The maximum Gasteiger partial charge on any atom is 0.243 e. The number of nitriles is 1. The van der Waals surface area contributed by atoms with Crippen molar-refractivity contribution in [3.05, 3.63) is 95.7 Å². The van der Waals surface area contributed by atoms with Gasteiger partial charge >= 0.3 is 0 Å². The average molecular weight is 507 g/mol. The van der Waals surface area contributed by atoms with Crippen LogP contribution in [0.3, 0.4) is 0 Å². The van der Waals surface area contributed by atoms with Crippen LogP contribution >= 0.6 is 0 Å². The molecule has 1 unspecified atom stereocenters. The molecule has 0 aliphatic carbocycles. The zero-order chi connectivity index (χ0) is 26.3. The summed E-state index contributed by atoms with van der Waals surface area (Å²) in [5, 5.41) is 13.0. The summed E-state index contributed by atoms with van der Waals surface area (Å²) >= 11 is 0. The third-order valence-corrected chi connectivity index (χ3v) is 6.79. The van der Waals surface area contributed by atoms with Crippen LogP contribution < -0.4 is 15.0 Å². The molecule has 5 rings (SSSR count). The van der Waals surface area contributed by atoms with Gasteiger partial charge in [-0.05, 0) is 35.4 Å². The van der Waals surface area contributed by atoms with Crippen LogP contribution in [0.4, 0.5) is 5.82 Å². The van der Waals surface area contributed by atoms with E-state index in [9.17, 15) is 10.1 Å². The molecule has 3 aromatic carbocycles. The van der Waals surface area contributed by atoms with E-state index in [0.29, 0.717) is 23.6 Å². The highest BCUT2D eigenvalue weighted by Gasteiger charge is 2.30. The van der Waals surface area contributed by atoms with Crippen LogP contribution in [0.15, 0.2) is 78.9 Å². The predicted octanol–water partition coefficient (Wildman–Crippen LogP) is 3.88. The Morgan fingerprint density at radius 1 is 0.921 bits per heavy atom. The third kappa shape index (κ3) is 5.74. The van der Waals surface area contributed by atoms with E-state index < -0.39 is 11.8 Å². The fourth-order valence-corrected chi connectivity index (χ4v) is 4.67. The number of anilines is 1. The molecular formula is C30H30N6O2. The van der Waals surface area contributed by atoms with E-state index in [1.165, 1.54) is 5.56 Å². The molecule has 1 aliphatic rings. The lowest BCUT2D eigenvalue weighted by molar-refractivity contribution is -0.121. The van der Waals surface area contributed by atoms with E-state index in [1.54, 1.807) is 7.11 Å². The monoisotopic (exact) mass is 506 g/mol. The topological polar surface area (TPSA) is 94.4 Å². The second kappa shape index (κ2) is 11.7. The lowest BCUT2D eigenvalue weighted by atomic mass is 10.0. The second-order valence-electron chi connectivity index (χ2n) is 9.30. The number of nitrogens with zero attached hydrogens (tertiary/aromatic N) is 5. The minimum Gasteiger partial charge on any atom is -0.497 e. The lowest BCUT2D eigenvalue weighted by Crippen LogP contribution is -2.47. The summed E-state index contributed by atoms with van der Waals surface area (Å²) in [5.41, 5.74) is 4.00. The molecule has 38 heavy (non-hydrogen) atoms. The third-order valence-electron chi connectivity index (χ3n) is 6.79. The minimum absolute atomic E-state index is 0.301. The number of fused-ring (bicyclic) bond motifs is 1. The molecule has 0 bridgehead atoms. The Kier molecular flexibility index (Phi) is 7.76. The lowest BCUT2D eigenvalue weighted by Gasteiger charge is -2.36. The van der Waals surface area contributed by atoms with Gasteiger partial charge in [-0.3, -0.25) is 9.69 Å². The van der Waals surface area contributed by atoms with E-state index in [2.05, 4.69) is 45.5 Å². The summed E-state index contributed by atoms with van der Waals surface area (Å²) in [6.45, 7) is 4.36. The smallest absolute Gasteiger partial charge is 0.243 e. The second-order valence-corrected chi connectivity index (χ2v) is 9.30. The van der Waals surface area contributed by atoms with Crippen molar-refractivity contribution in [2.75, 3.05) is 38.2 Å². The maximum atomic E-state index is 13.2. The number of piperazine rings is 1. The van der Waals surface area contributed by atoms with Gasteiger partial charge in [0.25, 0.3) is 0 Å². The number of rotatable bonds is 8. The largest absolute Gasteiger partial charge is 0.497 e. The first-order chi connectivity index (χ1) is 18.6. The number of benzene rings is 3. The SMILES string of the molecule is COc1ccc(CNC(=O)C(C#N)c2nc3ccccc3nc2N2CCN(Cc3ccccc3)CC2)cc1. The van der Waals surface area contributed by atoms with Crippen molar-refractivity contribution in [2.24, 2.45) is 0 Å². The molecule has 1 aliphatic heterocycles. The van der Waals surface area contributed by atoms with Gasteiger partial charge in [0.2, 0.25) is 5.91 Å². The molecule has 1 fully saturated rings. The molecule has 192 valence electrons. The number of amides is 1. The fraction of sp³-hybridized carbons (Fsp3) is 0.267. The number of aromatic nitrogens is 2. The van der Waals surface area contributed by atoms with E-state index in [0.717, 1.165) is 49.6 Å². The number of hydrogen-bond donors (Lipinski definition) is 1. The van der Waals surface area contributed by atoms with Crippen LogP contribution in [-0.4, -0.2) is 54.1 Å². The summed E-state index contributed by atoms with van der Waals surface area (Å²) in [5.74, 6) is -0.122. The molecule has 2 heterocycles. The zero-order valence-electron chi connectivity index (χ0n) is 21.4. The first kappa shape index (κ1) is 25.2. The number of nitrogens with one attached hydrogen (secondary N) is 1. The average Bonchev–Trinajstić information content (AvgIpc) is 2.97. The Labute approximate surface area is 222 Å². The molecule has 8 nitrogen and oxygen atoms in total. The van der Waals surface area contributed by atoms with Crippen LogP contribution in [0.25, 0.3) is 11.0 Å². The molecule has 4 aromatic rings. The van der Waals surface area contributed by atoms with Crippen molar-refractivity contribution in [1.29, 1.82) is 5.26 Å². The number of para-hydroxylation sites is 2. The van der Waals surface area contributed by atoms with Crippen LogP contribution in [0.2, 0.25) is 0 Å². The van der Waals surface area contributed by atoms with Gasteiger partial charge in [-0.25, -0.2) is 9.97 Å². The summed E-state index contributed by atoms with van der Waals surface area (Å²) in [6, 6.07) is 27.6. The number of carbonyl (C=O) groups excluding carboxylic acids is 1. The first-order valence-electron chi connectivity index (χ1n) is 12.7. The number of methoxy groups -OCH3 is 1. The molecule has 1 atom stereocenters. The quantitative estimate of drug-likeness (QED) is 0.388. The normalized spacial score (nSPS) is 14.6. The van der Waals surface area contributed by atoms with Gasteiger partial charge in [-0.15, -0.1) is 0 Å². The van der Waals surface area contributed by atoms with Gasteiger partial charge in [-0.1, -0.05) is 54.6 Å².